The van der Waals surface area contributed by atoms with Gasteiger partial charge >= 0.3 is 5.97 Å². The van der Waals surface area contributed by atoms with E-state index >= 15 is 0 Å². The minimum Gasteiger partial charge on any atom is -0.481 e. The second-order valence-electron chi connectivity index (χ2n) is 15.3. The molecular formula is C34H56O8. The lowest BCUT2D eigenvalue weighted by Crippen LogP contribution is -2.60. The maximum atomic E-state index is 11.5. The molecule has 1 aliphatic heterocycles. The van der Waals surface area contributed by atoms with E-state index in [1.807, 2.05) is 6.92 Å². The van der Waals surface area contributed by atoms with Crippen LogP contribution < -0.4 is 0 Å². The van der Waals surface area contributed by atoms with Crippen molar-refractivity contribution < 1.29 is 39.8 Å². The molecule has 42 heavy (non-hydrogen) atoms. The summed E-state index contributed by atoms with van der Waals surface area (Å²) in [6.07, 6.45) is 7.11. The number of carboxylic acid groups (broad SMARTS) is 1. The molecule has 8 nitrogen and oxygen atoms in total. The first-order chi connectivity index (χ1) is 19.8. The third kappa shape index (κ3) is 5.62. The van der Waals surface area contributed by atoms with Gasteiger partial charge in [0.05, 0.1) is 18.6 Å². The van der Waals surface area contributed by atoms with E-state index in [0.717, 1.165) is 44.4 Å². The number of allylic oxidation sites excluding steroid dienone is 1. The highest BCUT2D eigenvalue weighted by Gasteiger charge is 2.59. The molecule has 240 valence electrons. The summed E-state index contributed by atoms with van der Waals surface area (Å²) in [4.78, 5) is 11.5. The lowest BCUT2D eigenvalue weighted by Gasteiger charge is -2.58. The second-order valence-corrected chi connectivity index (χ2v) is 15.3. The molecular weight excluding hydrogens is 536 g/mol. The van der Waals surface area contributed by atoms with Crippen LogP contribution in [0.15, 0.2) is 11.6 Å². The molecule has 0 aromatic rings. The standard InChI is InChI=1S/C34H56O8/c1-18(20(3)31(39)40)6-7-19(2)24-10-11-25-23-9-8-21-16-22(12-14-33(21,4)26(23)13-15-34(24,25)5)41-32-30(38)29(37)28(36)27(17-35)42-32/h8,18-20,22-30,32,35-38H,6-7,9-17H2,1-5H3,(H,39,40)/t18-,19-,20+,22+,23+,24-,25+,26+,27-,28-,29+,30-,32-,33+,34-/m1/s1. The molecule has 4 fully saturated rings. The van der Waals surface area contributed by atoms with E-state index in [1.165, 1.54) is 31.3 Å². The third-order valence-electron chi connectivity index (χ3n) is 13.3. The first kappa shape index (κ1) is 32.4. The van der Waals surface area contributed by atoms with Crippen molar-refractivity contribution in [1.82, 2.24) is 0 Å². The Morgan fingerprint density at radius 3 is 2.43 bits per heavy atom. The average molecular weight is 593 g/mol. The van der Waals surface area contributed by atoms with Gasteiger partial charge in [-0.05, 0) is 104 Å². The Kier molecular flexibility index (Phi) is 9.55. The number of aliphatic hydroxyl groups excluding tert-OH is 4. The van der Waals surface area contributed by atoms with Gasteiger partial charge in [-0.2, -0.15) is 0 Å². The van der Waals surface area contributed by atoms with Gasteiger partial charge < -0.3 is 35.0 Å². The maximum absolute atomic E-state index is 11.5. The molecule has 0 radical (unpaired) electrons. The van der Waals surface area contributed by atoms with Crippen LogP contribution in [0, 0.1) is 52.3 Å². The largest absolute Gasteiger partial charge is 0.481 e. The number of carboxylic acids is 1. The number of ether oxygens (including phenoxy) is 2. The van der Waals surface area contributed by atoms with Gasteiger partial charge in [-0.1, -0.05) is 52.7 Å². The number of fused-ring (bicyclic) bond motifs is 5. The molecule has 0 aromatic heterocycles. The van der Waals surface area contributed by atoms with Crippen LogP contribution in [0.2, 0.25) is 0 Å². The van der Waals surface area contributed by atoms with Crippen molar-refractivity contribution in [3.05, 3.63) is 11.6 Å². The SMILES string of the molecule is C[C@H](CC[C@@H](C)[C@H]1CC[C@H]2[C@@H]3CC=C4C[C@@H](O[C@@H]5O[C@H](CO)[C@@H](O)[C@H](O)[C@H]5O)CC[C@]4(C)[C@H]3CC[C@]12C)[C@H](C)C(=O)O. The number of aliphatic hydroxyl groups is 4. The summed E-state index contributed by atoms with van der Waals surface area (Å²) in [6, 6.07) is 0. The molecule has 5 aliphatic rings. The zero-order chi connectivity index (χ0) is 30.6. The molecule has 3 saturated carbocycles. The fourth-order valence-electron chi connectivity index (χ4n) is 10.3. The van der Waals surface area contributed by atoms with E-state index in [1.54, 1.807) is 0 Å². The minimum absolute atomic E-state index is 0.140. The van der Waals surface area contributed by atoms with Crippen LogP contribution in [0.5, 0.6) is 0 Å². The molecule has 0 spiro atoms. The van der Waals surface area contributed by atoms with Crippen LogP contribution in [-0.4, -0.2) is 74.9 Å². The first-order valence-electron chi connectivity index (χ1n) is 16.7. The summed E-state index contributed by atoms with van der Waals surface area (Å²) >= 11 is 0. The Labute approximate surface area is 251 Å². The van der Waals surface area contributed by atoms with Crippen molar-refractivity contribution in [2.24, 2.45) is 52.3 Å². The molecule has 4 aliphatic carbocycles. The molecule has 0 unspecified atom stereocenters. The number of carbonyl (C=O) groups is 1. The Hall–Kier alpha value is -1.03. The Balaban J connectivity index is 1.23. The van der Waals surface area contributed by atoms with Gasteiger partial charge in [0, 0.05) is 0 Å². The van der Waals surface area contributed by atoms with Gasteiger partial charge in [-0.3, -0.25) is 4.79 Å². The maximum Gasteiger partial charge on any atom is 0.306 e. The second kappa shape index (κ2) is 12.4. The smallest absolute Gasteiger partial charge is 0.306 e. The normalized spacial score (nSPS) is 47.4. The van der Waals surface area contributed by atoms with Gasteiger partial charge in [0.15, 0.2) is 6.29 Å². The van der Waals surface area contributed by atoms with E-state index in [4.69, 9.17) is 9.47 Å². The lowest BCUT2D eigenvalue weighted by atomic mass is 9.47. The topological polar surface area (TPSA) is 137 Å². The van der Waals surface area contributed by atoms with E-state index in [-0.39, 0.29) is 23.4 Å². The third-order valence-corrected chi connectivity index (χ3v) is 13.3. The average Bonchev–Trinajstić information content (AvgIpc) is 3.32. The van der Waals surface area contributed by atoms with Crippen LogP contribution in [0.25, 0.3) is 0 Å². The molecule has 1 heterocycles. The summed E-state index contributed by atoms with van der Waals surface area (Å²) in [5, 5.41) is 49.8. The number of hydrogen-bond donors (Lipinski definition) is 5. The highest BCUT2D eigenvalue weighted by molar-refractivity contribution is 5.69. The molecule has 5 N–H and O–H groups in total. The Morgan fingerprint density at radius 1 is 1.00 bits per heavy atom. The van der Waals surface area contributed by atoms with Gasteiger partial charge in [-0.15, -0.1) is 0 Å². The summed E-state index contributed by atoms with van der Waals surface area (Å²) in [7, 11) is 0. The van der Waals surface area contributed by atoms with E-state index in [9.17, 15) is 30.3 Å². The molecule has 1 saturated heterocycles. The van der Waals surface area contributed by atoms with Crippen molar-refractivity contribution >= 4 is 5.97 Å². The van der Waals surface area contributed by atoms with Crippen molar-refractivity contribution in [2.75, 3.05) is 6.61 Å². The van der Waals surface area contributed by atoms with Crippen molar-refractivity contribution in [1.29, 1.82) is 0 Å². The fourth-order valence-corrected chi connectivity index (χ4v) is 10.3. The van der Waals surface area contributed by atoms with Crippen LogP contribution in [0.3, 0.4) is 0 Å². The predicted molar refractivity (Wildman–Crippen MR) is 158 cm³/mol. The highest BCUT2D eigenvalue weighted by Crippen LogP contribution is 2.67. The van der Waals surface area contributed by atoms with Gasteiger partial charge in [0.2, 0.25) is 0 Å². The van der Waals surface area contributed by atoms with E-state index in [0.29, 0.717) is 29.1 Å². The molecule has 0 amide bonds. The predicted octanol–water partition coefficient (Wildman–Crippen LogP) is 4.52. The monoisotopic (exact) mass is 592 g/mol. The summed E-state index contributed by atoms with van der Waals surface area (Å²) < 4.78 is 11.8. The number of aliphatic carboxylic acids is 1. The Bertz CT molecular complexity index is 998. The number of rotatable bonds is 9. The van der Waals surface area contributed by atoms with Gasteiger partial charge in [0.25, 0.3) is 0 Å². The minimum atomic E-state index is -1.42. The van der Waals surface area contributed by atoms with Crippen LogP contribution in [-0.2, 0) is 14.3 Å². The van der Waals surface area contributed by atoms with Crippen molar-refractivity contribution in [2.45, 2.75) is 136 Å². The first-order valence-corrected chi connectivity index (χ1v) is 16.7. The van der Waals surface area contributed by atoms with E-state index < -0.39 is 43.3 Å². The van der Waals surface area contributed by atoms with Crippen LogP contribution >= 0.6 is 0 Å². The molecule has 5 rings (SSSR count). The zero-order valence-electron chi connectivity index (χ0n) is 26.3. The van der Waals surface area contributed by atoms with Gasteiger partial charge in [-0.25, -0.2) is 0 Å². The lowest BCUT2D eigenvalue weighted by molar-refractivity contribution is -0.313. The van der Waals surface area contributed by atoms with Crippen molar-refractivity contribution in [3.8, 4) is 0 Å². The Morgan fingerprint density at radius 2 is 1.74 bits per heavy atom. The summed E-state index contributed by atoms with van der Waals surface area (Å²) in [5.74, 6) is 2.63. The molecule has 0 bridgehead atoms. The van der Waals surface area contributed by atoms with Crippen LogP contribution in [0.1, 0.15) is 98.8 Å². The van der Waals surface area contributed by atoms with Gasteiger partial charge in [0.1, 0.15) is 24.4 Å². The number of hydrogen-bond acceptors (Lipinski definition) is 7. The molecule has 8 heteroatoms. The van der Waals surface area contributed by atoms with Crippen molar-refractivity contribution in [3.63, 3.8) is 0 Å². The van der Waals surface area contributed by atoms with E-state index in [2.05, 4.69) is 33.8 Å². The zero-order valence-corrected chi connectivity index (χ0v) is 26.3. The molecule has 0 aromatic carbocycles. The molecule has 15 atom stereocenters. The quantitative estimate of drug-likeness (QED) is 0.247. The summed E-state index contributed by atoms with van der Waals surface area (Å²) in [6.45, 7) is 10.9. The van der Waals surface area contributed by atoms with Crippen LogP contribution in [0.4, 0.5) is 0 Å². The summed E-state index contributed by atoms with van der Waals surface area (Å²) in [5.41, 5.74) is 1.96. The fraction of sp³-hybridized carbons (Fsp3) is 0.912. The highest BCUT2D eigenvalue weighted by atomic mass is 16.7.